The van der Waals surface area contributed by atoms with Gasteiger partial charge in [-0.3, -0.25) is 4.90 Å². The third-order valence-corrected chi connectivity index (χ3v) is 5.31. The molecule has 1 fully saturated rings. The van der Waals surface area contributed by atoms with Gasteiger partial charge in [0.2, 0.25) is 0 Å². The van der Waals surface area contributed by atoms with E-state index in [1.54, 1.807) is 12.1 Å². The number of aliphatic hydroxyl groups excluding tert-OH is 2. The number of aliphatic hydroxyl groups is 2. The van der Waals surface area contributed by atoms with Crippen LogP contribution in [0.3, 0.4) is 0 Å². The molecule has 1 saturated heterocycles. The molecule has 1 aliphatic rings. The minimum absolute atomic E-state index is 0.273. The SMILES string of the molecule is CC(C)(c1ccccc1-c1ccc(F)cc1)C(O)C(O)N1CCCC1. The standard InChI is InChI=1S/C21H26FNO2/c1-21(2,19(24)20(25)23-13-5-6-14-23)18-8-4-3-7-17(18)15-9-11-16(22)12-10-15/h3-4,7-12,19-20,24-25H,5-6,13-14H2,1-2H3. The zero-order valence-corrected chi connectivity index (χ0v) is 14.8. The normalized spacial score (nSPS) is 18.3. The molecule has 0 saturated carbocycles. The van der Waals surface area contributed by atoms with Gasteiger partial charge in [-0.05, 0) is 41.7 Å². The van der Waals surface area contributed by atoms with Crippen molar-refractivity contribution in [3.05, 3.63) is 59.9 Å². The second kappa shape index (κ2) is 7.24. The second-order valence-corrected chi connectivity index (χ2v) is 7.38. The molecule has 0 radical (unpaired) electrons. The van der Waals surface area contributed by atoms with Crippen molar-refractivity contribution in [2.75, 3.05) is 13.1 Å². The van der Waals surface area contributed by atoms with Crippen LogP contribution in [0.1, 0.15) is 32.3 Å². The van der Waals surface area contributed by atoms with Crippen LogP contribution >= 0.6 is 0 Å². The van der Waals surface area contributed by atoms with E-state index in [-0.39, 0.29) is 5.82 Å². The highest BCUT2D eigenvalue weighted by atomic mass is 19.1. The lowest BCUT2D eigenvalue weighted by molar-refractivity contribution is -0.0996. The molecule has 0 bridgehead atoms. The van der Waals surface area contributed by atoms with E-state index in [1.165, 1.54) is 12.1 Å². The predicted molar refractivity (Wildman–Crippen MR) is 97.7 cm³/mol. The van der Waals surface area contributed by atoms with Crippen LogP contribution in [-0.4, -0.2) is 40.5 Å². The third-order valence-electron chi connectivity index (χ3n) is 5.31. The fourth-order valence-electron chi connectivity index (χ4n) is 3.66. The fraction of sp³-hybridized carbons (Fsp3) is 0.429. The summed E-state index contributed by atoms with van der Waals surface area (Å²) in [5.41, 5.74) is 2.12. The molecule has 2 atom stereocenters. The molecule has 1 aliphatic heterocycles. The number of rotatable bonds is 5. The van der Waals surface area contributed by atoms with Gasteiger partial charge in [-0.2, -0.15) is 0 Å². The van der Waals surface area contributed by atoms with Crippen molar-refractivity contribution >= 4 is 0 Å². The van der Waals surface area contributed by atoms with Crippen molar-refractivity contribution in [3.8, 4) is 11.1 Å². The number of benzene rings is 2. The smallest absolute Gasteiger partial charge is 0.134 e. The first-order valence-corrected chi connectivity index (χ1v) is 8.87. The number of hydrogen-bond donors (Lipinski definition) is 2. The Morgan fingerprint density at radius 3 is 2.20 bits per heavy atom. The molecular weight excluding hydrogens is 317 g/mol. The Morgan fingerprint density at radius 2 is 1.56 bits per heavy atom. The highest BCUT2D eigenvalue weighted by molar-refractivity contribution is 5.69. The molecule has 0 amide bonds. The maximum absolute atomic E-state index is 13.3. The molecule has 0 spiro atoms. The molecule has 0 aromatic heterocycles. The molecule has 3 nitrogen and oxygen atoms in total. The first-order valence-electron chi connectivity index (χ1n) is 8.87. The molecule has 3 rings (SSSR count). The minimum atomic E-state index is -0.924. The van der Waals surface area contributed by atoms with Gasteiger partial charge in [-0.1, -0.05) is 50.2 Å². The molecule has 25 heavy (non-hydrogen) atoms. The van der Waals surface area contributed by atoms with E-state index in [2.05, 4.69) is 0 Å². The zero-order chi connectivity index (χ0) is 18.0. The Labute approximate surface area is 148 Å². The van der Waals surface area contributed by atoms with E-state index in [9.17, 15) is 14.6 Å². The van der Waals surface area contributed by atoms with Crippen molar-refractivity contribution in [1.82, 2.24) is 4.90 Å². The molecule has 1 heterocycles. The molecule has 2 aromatic rings. The largest absolute Gasteiger partial charge is 0.388 e. The summed E-state index contributed by atoms with van der Waals surface area (Å²) in [6.07, 6.45) is 0.290. The quantitative estimate of drug-likeness (QED) is 0.873. The summed E-state index contributed by atoms with van der Waals surface area (Å²) in [7, 11) is 0. The van der Waals surface area contributed by atoms with Crippen LogP contribution in [0.2, 0.25) is 0 Å². The van der Waals surface area contributed by atoms with Gasteiger partial charge in [0.05, 0.1) is 0 Å². The molecule has 2 N–H and O–H groups in total. The topological polar surface area (TPSA) is 43.7 Å². The Balaban J connectivity index is 1.95. The van der Waals surface area contributed by atoms with Crippen LogP contribution in [-0.2, 0) is 5.41 Å². The van der Waals surface area contributed by atoms with Crippen molar-refractivity contribution in [3.63, 3.8) is 0 Å². The predicted octanol–water partition coefficient (Wildman–Crippen LogP) is 3.55. The minimum Gasteiger partial charge on any atom is -0.388 e. The number of likely N-dealkylation sites (tertiary alicyclic amines) is 1. The van der Waals surface area contributed by atoms with Crippen molar-refractivity contribution in [2.45, 2.75) is 44.4 Å². The van der Waals surface area contributed by atoms with E-state index in [4.69, 9.17) is 0 Å². The molecule has 2 aromatic carbocycles. The van der Waals surface area contributed by atoms with Gasteiger partial charge < -0.3 is 10.2 Å². The van der Waals surface area contributed by atoms with Gasteiger partial charge in [-0.25, -0.2) is 4.39 Å². The summed E-state index contributed by atoms with van der Waals surface area (Å²) in [4.78, 5) is 1.94. The van der Waals surface area contributed by atoms with Gasteiger partial charge in [-0.15, -0.1) is 0 Å². The van der Waals surface area contributed by atoms with E-state index < -0.39 is 17.7 Å². The van der Waals surface area contributed by atoms with E-state index in [0.29, 0.717) is 0 Å². The van der Waals surface area contributed by atoms with Crippen molar-refractivity contribution in [1.29, 1.82) is 0 Å². The van der Waals surface area contributed by atoms with Crippen LogP contribution in [0, 0.1) is 5.82 Å². The summed E-state index contributed by atoms with van der Waals surface area (Å²) in [5, 5.41) is 21.6. The molecule has 0 aliphatic carbocycles. The maximum Gasteiger partial charge on any atom is 0.134 e. The first-order chi connectivity index (χ1) is 11.9. The molecule has 134 valence electrons. The number of nitrogens with zero attached hydrogens (tertiary/aromatic N) is 1. The summed E-state index contributed by atoms with van der Waals surface area (Å²) in [6.45, 7) is 5.51. The van der Waals surface area contributed by atoms with Gasteiger partial charge >= 0.3 is 0 Å². The lowest BCUT2D eigenvalue weighted by atomic mass is 9.75. The molecule has 4 heteroatoms. The summed E-state index contributed by atoms with van der Waals surface area (Å²) in [6, 6.07) is 14.2. The van der Waals surface area contributed by atoms with E-state index >= 15 is 0 Å². The van der Waals surface area contributed by atoms with Crippen LogP contribution in [0.25, 0.3) is 11.1 Å². The number of halogens is 1. The lowest BCUT2D eigenvalue weighted by Crippen LogP contribution is -2.50. The average molecular weight is 343 g/mol. The third kappa shape index (κ3) is 3.61. The van der Waals surface area contributed by atoms with Crippen molar-refractivity contribution < 1.29 is 14.6 Å². The molecular formula is C21H26FNO2. The van der Waals surface area contributed by atoms with Crippen LogP contribution < -0.4 is 0 Å². The summed E-state index contributed by atoms with van der Waals surface area (Å²) in [5.74, 6) is -0.273. The Hall–Kier alpha value is -1.75. The zero-order valence-electron chi connectivity index (χ0n) is 14.8. The molecule has 2 unspecified atom stereocenters. The summed E-state index contributed by atoms with van der Waals surface area (Å²) < 4.78 is 13.3. The highest BCUT2D eigenvalue weighted by Gasteiger charge is 2.39. The monoisotopic (exact) mass is 343 g/mol. The average Bonchev–Trinajstić information content (AvgIpc) is 3.16. The van der Waals surface area contributed by atoms with Gasteiger partial charge in [0.25, 0.3) is 0 Å². The fourth-order valence-corrected chi connectivity index (χ4v) is 3.66. The summed E-state index contributed by atoms with van der Waals surface area (Å²) >= 11 is 0. The van der Waals surface area contributed by atoms with Crippen LogP contribution in [0.15, 0.2) is 48.5 Å². The highest BCUT2D eigenvalue weighted by Crippen LogP contribution is 2.37. The second-order valence-electron chi connectivity index (χ2n) is 7.38. The Bertz CT molecular complexity index is 708. The maximum atomic E-state index is 13.3. The first kappa shape index (κ1) is 18.1. The number of hydrogen-bond acceptors (Lipinski definition) is 3. The Kier molecular flexibility index (Phi) is 5.23. The van der Waals surface area contributed by atoms with E-state index in [0.717, 1.165) is 42.6 Å². The van der Waals surface area contributed by atoms with Gasteiger partial charge in [0.15, 0.2) is 0 Å². The van der Waals surface area contributed by atoms with Crippen LogP contribution in [0.5, 0.6) is 0 Å². The van der Waals surface area contributed by atoms with E-state index in [1.807, 2.05) is 43.0 Å². The Morgan fingerprint density at radius 1 is 0.960 bits per heavy atom. The lowest BCUT2D eigenvalue weighted by Gasteiger charge is -2.38. The van der Waals surface area contributed by atoms with Crippen LogP contribution in [0.4, 0.5) is 4.39 Å². The van der Waals surface area contributed by atoms with Gasteiger partial charge in [0.1, 0.15) is 18.1 Å². The van der Waals surface area contributed by atoms with Gasteiger partial charge in [0, 0.05) is 18.5 Å². The van der Waals surface area contributed by atoms with Crippen molar-refractivity contribution in [2.24, 2.45) is 0 Å².